The first-order chi connectivity index (χ1) is 9.13. The van der Waals surface area contributed by atoms with Crippen LogP contribution >= 0.6 is 11.8 Å². The first-order valence-electron chi connectivity index (χ1n) is 6.70. The summed E-state index contributed by atoms with van der Waals surface area (Å²) in [5.74, 6) is -0.230. The topological polar surface area (TPSA) is 29.5 Å². The van der Waals surface area contributed by atoms with Crippen molar-refractivity contribution >= 4 is 23.4 Å². The van der Waals surface area contributed by atoms with Gasteiger partial charge in [-0.3, -0.25) is 0 Å². The van der Waals surface area contributed by atoms with Gasteiger partial charge in [-0.05, 0) is 37.8 Å². The Morgan fingerprint density at radius 1 is 1.37 bits per heavy atom. The zero-order valence-electron chi connectivity index (χ0n) is 12.2. The largest absolute Gasteiger partial charge is 0.462 e. The Bertz CT molecular complexity index is 421. The van der Waals surface area contributed by atoms with Crippen molar-refractivity contribution in [3.63, 3.8) is 0 Å². The molecule has 0 bridgehead atoms. The molecule has 0 fully saturated rings. The highest BCUT2D eigenvalue weighted by atomic mass is 32.2. The summed E-state index contributed by atoms with van der Waals surface area (Å²) in [5.41, 5.74) is 1.71. The van der Waals surface area contributed by atoms with Crippen LogP contribution in [0, 0.1) is 0 Å². The number of carbonyl (C=O) groups excluding carboxylic acids is 1. The molecule has 1 aromatic carbocycles. The molecule has 0 saturated heterocycles. The molecule has 3 nitrogen and oxygen atoms in total. The second-order valence-corrected chi connectivity index (χ2v) is 5.24. The van der Waals surface area contributed by atoms with E-state index in [0.29, 0.717) is 12.2 Å². The van der Waals surface area contributed by atoms with Crippen molar-refractivity contribution in [2.24, 2.45) is 0 Å². The van der Waals surface area contributed by atoms with Crippen LogP contribution in [0.1, 0.15) is 37.0 Å². The second-order valence-electron chi connectivity index (χ2n) is 4.39. The number of carbonyl (C=O) groups is 1. The fourth-order valence-corrected chi connectivity index (χ4v) is 2.31. The molecule has 0 unspecified atom stereocenters. The van der Waals surface area contributed by atoms with Crippen LogP contribution in [-0.4, -0.2) is 32.4 Å². The summed E-state index contributed by atoms with van der Waals surface area (Å²) in [7, 11) is 2.03. The molecule has 1 aromatic rings. The number of esters is 1. The smallest absolute Gasteiger partial charge is 0.338 e. The van der Waals surface area contributed by atoms with Crippen molar-refractivity contribution < 1.29 is 9.53 Å². The van der Waals surface area contributed by atoms with Crippen molar-refractivity contribution in [3.05, 3.63) is 23.8 Å². The Morgan fingerprint density at radius 3 is 2.68 bits per heavy atom. The molecule has 4 heteroatoms. The Kier molecular flexibility index (Phi) is 6.78. The number of rotatable bonds is 7. The van der Waals surface area contributed by atoms with Crippen LogP contribution in [0.15, 0.2) is 23.1 Å². The van der Waals surface area contributed by atoms with Gasteiger partial charge in [-0.2, -0.15) is 0 Å². The van der Waals surface area contributed by atoms with E-state index in [4.69, 9.17) is 4.74 Å². The number of hydrogen-bond acceptors (Lipinski definition) is 4. The minimum absolute atomic E-state index is 0.230. The Balaban J connectivity index is 2.88. The standard InChI is InChI=1S/C15H23NO2S/c1-5-7-10-18-15(17)12-8-9-14(19-4)13(11-12)16(3)6-2/h8-9,11H,5-7,10H2,1-4H3. The lowest BCUT2D eigenvalue weighted by atomic mass is 10.2. The summed E-state index contributed by atoms with van der Waals surface area (Å²) in [5, 5.41) is 0. The highest BCUT2D eigenvalue weighted by molar-refractivity contribution is 7.98. The predicted octanol–water partition coefficient (Wildman–Crippen LogP) is 3.82. The first kappa shape index (κ1) is 15.9. The fourth-order valence-electron chi connectivity index (χ4n) is 1.68. The molecule has 106 valence electrons. The van der Waals surface area contributed by atoms with E-state index < -0.39 is 0 Å². The van der Waals surface area contributed by atoms with Gasteiger partial charge in [0.1, 0.15) is 0 Å². The normalized spacial score (nSPS) is 10.3. The van der Waals surface area contributed by atoms with E-state index in [0.717, 1.165) is 25.1 Å². The van der Waals surface area contributed by atoms with Crippen LogP contribution in [0.5, 0.6) is 0 Å². The van der Waals surface area contributed by atoms with Crippen molar-refractivity contribution in [1.82, 2.24) is 0 Å². The van der Waals surface area contributed by atoms with Gasteiger partial charge in [-0.1, -0.05) is 13.3 Å². The van der Waals surface area contributed by atoms with E-state index in [1.54, 1.807) is 11.8 Å². The zero-order valence-corrected chi connectivity index (χ0v) is 13.0. The van der Waals surface area contributed by atoms with Gasteiger partial charge < -0.3 is 9.64 Å². The van der Waals surface area contributed by atoms with Crippen LogP contribution in [0.4, 0.5) is 5.69 Å². The Hall–Kier alpha value is -1.16. The van der Waals surface area contributed by atoms with Crippen molar-refractivity contribution in [3.8, 4) is 0 Å². The van der Waals surface area contributed by atoms with Crippen molar-refractivity contribution in [2.75, 3.05) is 31.4 Å². The highest BCUT2D eigenvalue weighted by Crippen LogP contribution is 2.29. The van der Waals surface area contributed by atoms with Gasteiger partial charge in [-0.25, -0.2) is 4.79 Å². The summed E-state index contributed by atoms with van der Waals surface area (Å²) < 4.78 is 5.25. The maximum atomic E-state index is 11.9. The average molecular weight is 281 g/mol. The number of hydrogen-bond donors (Lipinski definition) is 0. The Morgan fingerprint density at radius 2 is 2.11 bits per heavy atom. The van der Waals surface area contributed by atoms with Crippen molar-refractivity contribution in [1.29, 1.82) is 0 Å². The van der Waals surface area contributed by atoms with Gasteiger partial charge in [0.2, 0.25) is 0 Å². The predicted molar refractivity (Wildman–Crippen MR) is 82.4 cm³/mol. The van der Waals surface area contributed by atoms with E-state index >= 15 is 0 Å². The van der Waals surface area contributed by atoms with Gasteiger partial charge in [-0.15, -0.1) is 11.8 Å². The quantitative estimate of drug-likeness (QED) is 0.432. The van der Waals surface area contributed by atoms with Gasteiger partial charge in [0.15, 0.2) is 0 Å². The van der Waals surface area contributed by atoms with Gasteiger partial charge >= 0.3 is 5.97 Å². The SMILES string of the molecule is CCCCOC(=O)c1ccc(SC)c(N(C)CC)c1. The Labute approximate surface area is 120 Å². The zero-order chi connectivity index (χ0) is 14.3. The number of anilines is 1. The van der Waals surface area contributed by atoms with Gasteiger partial charge in [0.25, 0.3) is 0 Å². The number of thioether (sulfide) groups is 1. The number of nitrogens with zero attached hydrogens (tertiary/aromatic N) is 1. The molecule has 0 saturated carbocycles. The van der Waals surface area contributed by atoms with Crippen molar-refractivity contribution in [2.45, 2.75) is 31.6 Å². The van der Waals surface area contributed by atoms with Gasteiger partial charge in [0.05, 0.1) is 17.9 Å². The maximum absolute atomic E-state index is 11.9. The minimum Gasteiger partial charge on any atom is -0.462 e. The minimum atomic E-state index is -0.230. The van der Waals surface area contributed by atoms with E-state index in [2.05, 4.69) is 18.7 Å². The number of benzene rings is 1. The molecule has 0 aliphatic heterocycles. The van der Waals surface area contributed by atoms with Crippen LogP contribution < -0.4 is 4.90 Å². The van der Waals surface area contributed by atoms with E-state index in [-0.39, 0.29) is 5.97 Å². The van der Waals surface area contributed by atoms with Crippen LogP contribution in [0.25, 0.3) is 0 Å². The number of ether oxygens (including phenoxy) is 1. The molecule has 0 aliphatic carbocycles. The molecular formula is C15H23NO2S. The lowest BCUT2D eigenvalue weighted by Crippen LogP contribution is -2.17. The van der Waals surface area contributed by atoms with Crippen LogP contribution in [-0.2, 0) is 4.74 Å². The van der Waals surface area contributed by atoms with E-state index in [1.807, 2.05) is 31.5 Å². The average Bonchev–Trinajstić information content (AvgIpc) is 2.45. The first-order valence-corrected chi connectivity index (χ1v) is 7.92. The molecular weight excluding hydrogens is 258 g/mol. The molecule has 0 spiro atoms. The molecule has 0 aliphatic rings. The maximum Gasteiger partial charge on any atom is 0.338 e. The molecule has 0 aromatic heterocycles. The third-order valence-corrected chi connectivity index (χ3v) is 3.82. The molecule has 0 atom stereocenters. The molecule has 19 heavy (non-hydrogen) atoms. The van der Waals surface area contributed by atoms with Crippen LogP contribution in [0.3, 0.4) is 0 Å². The second kappa shape index (κ2) is 8.10. The van der Waals surface area contributed by atoms with E-state index in [1.165, 1.54) is 4.90 Å². The molecule has 0 heterocycles. The highest BCUT2D eigenvalue weighted by Gasteiger charge is 2.12. The third kappa shape index (κ3) is 4.46. The van der Waals surface area contributed by atoms with E-state index in [9.17, 15) is 4.79 Å². The summed E-state index contributed by atoms with van der Waals surface area (Å²) in [6.45, 7) is 5.58. The summed E-state index contributed by atoms with van der Waals surface area (Å²) >= 11 is 1.69. The summed E-state index contributed by atoms with van der Waals surface area (Å²) in [6.07, 6.45) is 3.99. The summed E-state index contributed by atoms with van der Waals surface area (Å²) in [6, 6.07) is 5.75. The van der Waals surface area contributed by atoms with Crippen LogP contribution in [0.2, 0.25) is 0 Å². The molecule has 0 N–H and O–H groups in total. The molecule has 0 amide bonds. The molecule has 0 radical (unpaired) electrons. The lowest BCUT2D eigenvalue weighted by Gasteiger charge is -2.20. The lowest BCUT2D eigenvalue weighted by molar-refractivity contribution is 0.0499. The third-order valence-electron chi connectivity index (χ3n) is 3.03. The summed E-state index contributed by atoms with van der Waals surface area (Å²) in [4.78, 5) is 15.2. The fraction of sp³-hybridized carbons (Fsp3) is 0.533. The van der Waals surface area contributed by atoms with Gasteiger partial charge in [0, 0.05) is 18.5 Å². The number of unbranched alkanes of at least 4 members (excludes halogenated alkanes) is 1. The molecule has 1 rings (SSSR count). The monoisotopic (exact) mass is 281 g/mol.